The largest absolute Gasteiger partial charge is 0.486 e. The van der Waals surface area contributed by atoms with E-state index >= 15 is 0 Å². The number of fused-ring (bicyclic) bond motifs is 2. The molecular formula is C24H27NO4S. The van der Waals surface area contributed by atoms with Crippen molar-refractivity contribution in [3.05, 3.63) is 59.3 Å². The first-order valence-corrected chi connectivity index (χ1v) is 11.6. The summed E-state index contributed by atoms with van der Waals surface area (Å²) < 4.78 is 11.5. The lowest BCUT2D eigenvalue weighted by Crippen LogP contribution is -2.38. The smallest absolute Gasteiger partial charge is 0.307 e. The van der Waals surface area contributed by atoms with Gasteiger partial charge in [0, 0.05) is 28.3 Å². The number of aromatic amines is 1. The fourth-order valence-electron chi connectivity index (χ4n) is 4.66. The molecule has 0 radical (unpaired) electrons. The van der Waals surface area contributed by atoms with Gasteiger partial charge in [-0.05, 0) is 41.5 Å². The molecule has 6 heteroatoms. The number of carbonyl (C=O) groups is 1. The van der Waals surface area contributed by atoms with Crippen LogP contribution in [0.1, 0.15) is 37.0 Å². The minimum absolute atomic E-state index is 0.494. The Morgan fingerprint density at radius 1 is 1.23 bits per heavy atom. The standard InChI is InChI=1S/C24H27NO4S/c1-4-18(23(26)27)24(2,16-8-9-20-21(12-16)29-11-10-28-20)19-13-25-22-15(14-30-3)6-5-7-17(19)22/h5-9,12-13,18,25H,4,10-11,14H2,1-3H3,(H,26,27). The van der Waals surface area contributed by atoms with E-state index < -0.39 is 17.3 Å². The van der Waals surface area contributed by atoms with E-state index in [-0.39, 0.29) is 0 Å². The van der Waals surface area contributed by atoms with Crippen molar-refractivity contribution >= 4 is 28.6 Å². The molecule has 0 fully saturated rings. The molecular weight excluding hydrogens is 398 g/mol. The Bertz CT molecular complexity index is 1080. The summed E-state index contributed by atoms with van der Waals surface area (Å²) in [7, 11) is 0. The Hall–Kier alpha value is -2.60. The van der Waals surface area contributed by atoms with Gasteiger partial charge in [-0.15, -0.1) is 0 Å². The molecule has 1 aliphatic rings. The van der Waals surface area contributed by atoms with Crippen LogP contribution in [-0.2, 0) is 16.0 Å². The summed E-state index contributed by atoms with van der Waals surface area (Å²) in [5.41, 5.74) is 3.46. The van der Waals surface area contributed by atoms with Crippen LogP contribution in [0.15, 0.2) is 42.6 Å². The average molecular weight is 426 g/mol. The van der Waals surface area contributed by atoms with Gasteiger partial charge >= 0.3 is 5.97 Å². The molecule has 4 rings (SSSR count). The summed E-state index contributed by atoms with van der Waals surface area (Å²) in [6.45, 7) is 4.99. The summed E-state index contributed by atoms with van der Waals surface area (Å²) in [6.07, 6.45) is 4.58. The molecule has 0 amide bonds. The van der Waals surface area contributed by atoms with E-state index in [0.717, 1.165) is 27.8 Å². The van der Waals surface area contributed by atoms with E-state index in [2.05, 4.69) is 29.4 Å². The van der Waals surface area contributed by atoms with Crippen molar-refractivity contribution < 1.29 is 19.4 Å². The maximum atomic E-state index is 12.4. The molecule has 2 unspecified atom stereocenters. The van der Waals surface area contributed by atoms with E-state index in [9.17, 15) is 9.90 Å². The molecule has 1 aromatic heterocycles. The van der Waals surface area contributed by atoms with Crippen LogP contribution in [-0.4, -0.2) is 35.5 Å². The summed E-state index contributed by atoms with van der Waals surface area (Å²) in [6, 6.07) is 12.1. The van der Waals surface area contributed by atoms with Crippen molar-refractivity contribution in [1.29, 1.82) is 0 Å². The van der Waals surface area contributed by atoms with Gasteiger partial charge < -0.3 is 19.6 Å². The van der Waals surface area contributed by atoms with Gasteiger partial charge in [0.15, 0.2) is 11.5 Å². The molecule has 0 saturated heterocycles. The zero-order chi connectivity index (χ0) is 21.3. The molecule has 2 aromatic carbocycles. The molecule has 0 saturated carbocycles. The van der Waals surface area contributed by atoms with Gasteiger partial charge in [0.25, 0.3) is 0 Å². The number of aliphatic carboxylic acids is 1. The van der Waals surface area contributed by atoms with E-state index in [1.807, 2.05) is 38.2 Å². The van der Waals surface area contributed by atoms with Gasteiger partial charge in [-0.1, -0.05) is 38.1 Å². The molecule has 5 nitrogen and oxygen atoms in total. The van der Waals surface area contributed by atoms with Crippen molar-refractivity contribution in [1.82, 2.24) is 4.98 Å². The van der Waals surface area contributed by atoms with Gasteiger partial charge in [0.1, 0.15) is 13.2 Å². The number of nitrogens with one attached hydrogen (secondary N) is 1. The van der Waals surface area contributed by atoms with Crippen molar-refractivity contribution in [3.63, 3.8) is 0 Å². The fraction of sp³-hybridized carbons (Fsp3) is 0.375. The first-order valence-electron chi connectivity index (χ1n) is 10.2. The minimum Gasteiger partial charge on any atom is -0.486 e. The second-order valence-corrected chi connectivity index (χ2v) is 8.70. The number of thioether (sulfide) groups is 1. The normalized spacial score (nSPS) is 16.2. The van der Waals surface area contributed by atoms with Crippen LogP contribution < -0.4 is 9.47 Å². The van der Waals surface area contributed by atoms with Crippen molar-refractivity contribution in [2.75, 3.05) is 19.5 Å². The molecule has 0 bridgehead atoms. The number of hydrogen-bond donors (Lipinski definition) is 2. The predicted molar refractivity (Wildman–Crippen MR) is 121 cm³/mol. The van der Waals surface area contributed by atoms with Crippen LogP contribution >= 0.6 is 11.8 Å². The van der Waals surface area contributed by atoms with Crippen LogP contribution in [0, 0.1) is 5.92 Å². The third kappa shape index (κ3) is 3.33. The minimum atomic E-state index is -0.801. The van der Waals surface area contributed by atoms with E-state index in [1.165, 1.54) is 5.56 Å². The van der Waals surface area contributed by atoms with Crippen molar-refractivity contribution in [3.8, 4) is 11.5 Å². The van der Waals surface area contributed by atoms with Gasteiger partial charge in [0.2, 0.25) is 0 Å². The zero-order valence-corrected chi connectivity index (χ0v) is 18.3. The predicted octanol–water partition coefficient (Wildman–Crippen LogP) is 5.22. The first-order chi connectivity index (χ1) is 14.5. The highest BCUT2D eigenvalue weighted by Crippen LogP contribution is 2.46. The maximum Gasteiger partial charge on any atom is 0.307 e. The summed E-state index contributed by atoms with van der Waals surface area (Å²) in [5, 5.41) is 11.2. The molecule has 2 heterocycles. The number of carboxylic acid groups (broad SMARTS) is 1. The molecule has 0 aliphatic carbocycles. The zero-order valence-electron chi connectivity index (χ0n) is 17.5. The lowest BCUT2D eigenvalue weighted by Gasteiger charge is -2.36. The number of H-pyrrole nitrogens is 1. The third-order valence-electron chi connectivity index (χ3n) is 6.21. The van der Waals surface area contributed by atoms with Gasteiger partial charge in [-0.25, -0.2) is 0 Å². The second kappa shape index (κ2) is 8.26. The van der Waals surface area contributed by atoms with Crippen molar-refractivity contribution in [2.24, 2.45) is 5.92 Å². The lowest BCUT2D eigenvalue weighted by atomic mass is 9.66. The number of ether oxygens (including phenoxy) is 2. The molecule has 30 heavy (non-hydrogen) atoms. The van der Waals surface area contributed by atoms with Crippen LogP contribution in [0.3, 0.4) is 0 Å². The average Bonchev–Trinajstić information content (AvgIpc) is 3.19. The van der Waals surface area contributed by atoms with Gasteiger partial charge in [0.05, 0.1) is 5.92 Å². The number of hydrogen-bond acceptors (Lipinski definition) is 4. The Morgan fingerprint density at radius 2 is 2.00 bits per heavy atom. The maximum absolute atomic E-state index is 12.4. The molecule has 2 N–H and O–H groups in total. The van der Waals surface area contributed by atoms with Crippen molar-refractivity contribution in [2.45, 2.75) is 31.4 Å². The highest BCUT2D eigenvalue weighted by molar-refractivity contribution is 7.97. The van der Waals surface area contributed by atoms with E-state index in [4.69, 9.17) is 9.47 Å². The Kier molecular flexibility index (Phi) is 5.69. The second-order valence-electron chi connectivity index (χ2n) is 7.83. The van der Waals surface area contributed by atoms with Crippen LogP contribution in [0.4, 0.5) is 0 Å². The van der Waals surface area contributed by atoms with E-state index in [1.54, 1.807) is 11.8 Å². The quantitative estimate of drug-likeness (QED) is 0.543. The number of carboxylic acids is 1. The summed E-state index contributed by atoms with van der Waals surface area (Å²) in [4.78, 5) is 15.8. The molecule has 1 aliphatic heterocycles. The number of rotatable bonds is 7. The summed E-state index contributed by atoms with van der Waals surface area (Å²) >= 11 is 1.77. The number of para-hydroxylation sites is 1. The van der Waals surface area contributed by atoms with Crippen LogP contribution in [0.2, 0.25) is 0 Å². The Balaban J connectivity index is 1.95. The number of benzene rings is 2. The monoisotopic (exact) mass is 425 g/mol. The Morgan fingerprint density at radius 3 is 2.70 bits per heavy atom. The highest BCUT2D eigenvalue weighted by atomic mass is 32.2. The van der Waals surface area contributed by atoms with E-state index in [0.29, 0.717) is 31.1 Å². The SMILES string of the molecule is CCC(C(=O)O)C(C)(c1ccc2c(c1)OCCO2)c1c[nH]c2c(CSC)cccc12. The fourth-order valence-corrected chi connectivity index (χ4v) is 5.21. The lowest BCUT2D eigenvalue weighted by molar-refractivity contribution is -0.143. The molecule has 0 spiro atoms. The van der Waals surface area contributed by atoms with Crippen LogP contribution in [0.5, 0.6) is 11.5 Å². The third-order valence-corrected chi connectivity index (χ3v) is 6.81. The molecule has 3 aromatic rings. The first kappa shape index (κ1) is 20.7. The van der Waals surface area contributed by atoms with Gasteiger partial charge in [-0.3, -0.25) is 4.79 Å². The Labute approximate surface area is 180 Å². The molecule has 158 valence electrons. The summed E-state index contributed by atoms with van der Waals surface area (Å²) in [5.74, 6) is 0.881. The van der Waals surface area contributed by atoms with Crippen LogP contribution in [0.25, 0.3) is 10.9 Å². The number of aromatic nitrogens is 1. The highest BCUT2D eigenvalue weighted by Gasteiger charge is 2.43. The topological polar surface area (TPSA) is 71.6 Å². The van der Waals surface area contributed by atoms with Gasteiger partial charge in [-0.2, -0.15) is 11.8 Å². The molecule has 2 atom stereocenters.